The smallest absolute Gasteiger partial charge is 0.317 e. The molecule has 0 spiro atoms. The minimum absolute atomic E-state index is 0.0394. The van der Waals surface area contributed by atoms with Crippen LogP contribution in [0.4, 0.5) is 0 Å². The predicted molar refractivity (Wildman–Crippen MR) is 98.2 cm³/mol. The van der Waals surface area contributed by atoms with Crippen molar-refractivity contribution in [1.82, 2.24) is 18.7 Å². The van der Waals surface area contributed by atoms with E-state index in [-0.39, 0.29) is 23.6 Å². The van der Waals surface area contributed by atoms with Crippen molar-refractivity contribution in [3.63, 3.8) is 0 Å². The second-order valence-corrected chi connectivity index (χ2v) is 8.00. The molecule has 4 rings (SSSR count). The van der Waals surface area contributed by atoms with Gasteiger partial charge < -0.3 is 4.57 Å². The monoisotopic (exact) mass is 358 g/mol. The van der Waals surface area contributed by atoms with Crippen LogP contribution in [-0.4, -0.2) is 24.5 Å². The Morgan fingerprint density at radius 3 is 2.35 bits per heavy atom. The number of carbonyl (C=O) groups is 1. The first kappa shape index (κ1) is 17.2. The molecule has 0 saturated heterocycles. The van der Waals surface area contributed by atoms with Gasteiger partial charge in [0.1, 0.15) is 5.78 Å². The van der Waals surface area contributed by atoms with Gasteiger partial charge in [0.15, 0.2) is 11.2 Å². The summed E-state index contributed by atoms with van der Waals surface area (Å²) in [5, 5.41) is 0. The highest BCUT2D eigenvalue weighted by molar-refractivity contribution is 5.78. The fourth-order valence-electron chi connectivity index (χ4n) is 4.11. The van der Waals surface area contributed by atoms with Gasteiger partial charge in [0.05, 0.1) is 12.9 Å². The van der Waals surface area contributed by atoms with Gasteiger partial charge in [-0.25, -0.2) is 9.78 Å². The SMILES string of the molecule is CC(=O)Cn1cnc2c1c(=O)n(CC1CC1)c(=O)n2CC1CCCCC1. The standard InChI is InChI=1S/C19H26N4O3/c1-13(24)9-21-12-20-17-16(21)18(25)23(11-15-7-8-15)19(26)22(17)10-14-5-3-2-4-6-14/h12,14-15H,2-11H2,1H3. The number of ketones is 1. The third kappa shape index (κ3) is 3.27. The summed E-state index contributed by atoms with van der Waals surface area (Å²) in [5.41, 5.74) is 0.263. The van der Waals surface area contributed by atoms with Gasteiger partial charge in [-0.3, -0.25) is 18.7 Å². The summed E-state index contributed by atoms with van der Waals surface area (Å²) in [7, 11) is 0. The van der Waals surface area contributed by atoms with Crippen molar-refractivity contribution in [3.05, 3.63) is 27.2 Å². The van der Waals surface area contributed by atoms with Crippen LogP contribution in [0, 0.1) is 11.8 Å². The van der Waals surface area contributed by atoms with Gasteiger partial charge in [0, 0.05) is 13.1 Å². The number of hydrogen-bond acceptors (Lipinski definition) is 4. The molecular weight excluding hydrogens is 332 g/mol. The Hall–Kier alpha value is -2.18. The van der Waals surface area contributed by atoms with Gasteiger partial charge >= 0.3 is 5.69 Å². The molecule has 140 valence electrons. The highest BCUT2D eigenvalue weighted by Crippen LogP contribution is 2.30. The van der Waals surface area contributed by atoms with Gasteiger partial charge in [-0.1, -0.05) is 19.3 Å². The van der Waals surface area contributed by atoms with Crippen LogP contribution >= 0.6 is 0 Å². The van der Waals surface area contributed by atoms with E-state index in [0.29, 0.717) is 36.1 Å². The van der Waals surface area contributed by atoms with Crippen molar-refractivity contribution >= 4 is 16.9 Å². The average molecular weight is 358 g/mol. The summed E-state index contributed by atoms with van der Waals surface area (Å²) in [5.74, 6) is 0.835. The van der Waals surface area contributed by atoms with Gasteiger partial charge in [-0.2, -0.15) is 0 Å². The molecule has 7 heteroatoms. The topological polar surface area (TPSA) is 78.9 Å². The van der Waals surface area contributed by atoms with Gasteiger partial charge in [0.2, 0.25) is 0 Å². The molecule has 2 aromatic rings. The van der Waals surface area contributed by atoms with E-state index in [0.717, 1.165) is 25.7 Å². The minimum atomic E-state index is -0.310. The van der Waals surface area contributed by atoms with Crippen LogP contribution in [0.1, 0.15) is 51.9 Å². The second-order valence-electron chi connectivity index (χ2n) is 8.00. The predicted octanol–water partition coefficient (Wildman–Crippen LogP) is 1.94. The summed E-state index contributed by atoms with van der Waals surface area (Å²) in [6.45, 7) is 2.68. The van der Waals surface area contributed by atoms with Crippen LogP contribution in [0.15, 0.2) is 15.9 Å². The maximum Gasteiger partial charge on any atom is 0.332 e. The Morgan fingerprint density at radius 1 is 1.04 bits per heavy atom. The zero-order chi connectivity index (χ0) is 18.3. The molecule has 0 amide bonds. The van der Waals surface area contributed by atoms with Crippen LogP contribution in [-0.2, 0) is 24.4 Å². The molecule has 7 nitrogen and oxygen atoms in total. The number of hydrogen-bond donors (Lipinski definition) is 0. The van der Waals surface area contributed by atoms with E-state index >= 15 is 0 Å². The summed E-state index contributed by atoms with van der Waals surface area (Å²) >= 11 is 0. The van der Waals surface area contributed by atoms with E-state index in [9.17, 15) is 14.4 Å². The lowest BCUT2D eigenvalue weighted by Crippen LogP contribution is -2.42. The molecule has 2 heterocycles. The third-order valence-corrected chi connectivity index (χ3v) is 5.68. The number of carbonyl (C=O) groups excluding carboxylic acids is 1. The van der Waals surface area contributed by atoms with Crippen LogP contribution < -0.4 is 11.2 Å². The summed E-state index contributed by atoms with van der Waals surface area (Å²) < 4.78 is 4.66. The molecule has 0 atom stereocenters. The molecule has 0 N–H and O–H groups in total. The number of aromatic nitrogens is 4. The zero-order valence-electron chi connectivity index (χ0n) is 15.3. The van der Waals surface area contributed by atoms with Crippen LogP contribution in [0.3, 0.4) is 0 Å². The third-order valence-electron chi connectivity index (χ3n) is 5.68. The highest BCUT2D eigenvalue weighted by atomic mass is 16.2. The first-order valence-electron chi connectivity index (χ1n) is 9.72. The largest absolute Gasteiger partial charge is 0.332 e. The molecule has 26 heavy (non-hydrogen) atoms. The Bertz CT molecular complexity index is 942. The molecule has 0 unspecified atom stereocenters. The number of rotatable bonds is 6. The van der Waals surface area contributed by atoms with Crippen molar-refractivity contribution in [2.75, 3.05) is 0 Å². The normalized spacial score (nSPS) is 18.5. The van der Waals surface area contributed by atoms with Crippen molar-refractivity contribution < 1.29 is 4.79 Å². The molecule has 2 saturated carbocycles. The maximum absolute atomic E-state index is 13.1. The zero-order valence-corrected chi connectivity index (χ0v) is 15.3. The van der Waals surface area contributed by atoms with Crippen molar-refractivity contribution in [2.24, 2.45) is 11.8 Å². The van der Waals surface area contributed by atoms with Gasteiger partial charge in [-0.15, -0.1) is 0 Å². The summed E-state index contributed by atoms with van der Waals surface area (Å²) in [4.78, 5) is 42.0. The molecular formula is C19H26N4O3. The number of nitrogens with zero attached hydrogens (tertiary/aromatic N) is 4. The number of fused-ring (bicyclic) bond motifs is 1. The molecule has 2 aliphatic rings. The highest BCUT2D eigenvalue weighted by Gasteiger charge is 2.27. The fourth-order valence-corrected chi connectivity index (χ4v) is 4.11. The van der Waals surface area contributed by atoms with Crippen molar-refractivity contribution in [1.29, 1.82) is 0 Å². The van der Waals surface area contributed by atoms with Crippen LogP contribution in [0.5, 0.6) is 0 Å². The average Bonchev–Trinajstić information content (AvgIpc) is 3.35. The lowest BCUT2D eigenvalue weighted by atomic mass is 9.89. The molecule has 2 aliphatic carbocycles. The van der Waals surface area contributed by atoms with E-state index < -0.39 is 0 Å². The summed E-state index contributed by atoms with van der Waals surface area (Å²) in [6, 6.07) is 0. The molecule has 0 aromatic carbocycles. The molecule has 2 fully saturated rings. The molecule has 0 aliphatic heterocycles. The lowest BCUT2D eigenvalue weighted by Gasteiger charge is -2.23. The van der Waals surface area contributed by atoms with E-state index in [1.807, 2.05) is 0 Å². The number of imidazole rings is 1. The van der Waals surface area contributed by atoms with E-state index in [1.165, 1.54) is 37.1 Å². The second kappa shape index (κ2) is 6.85. The Morgan fingerprint density at radius 2 is 1.69 bits per heavy atom. The quantitative estimate of drug-likeness (QED) is 0.790. The lowest BCUT2D eigenvalue weighted by molar-refractivity contribution is -0.117. The molecule has 0 bridgehead atoms. The fraction of sp³-hybridized carbons (Fsp3) is 0.684. The molecule has 2 aromatic heterocycles. The van der Waals surface area contributed by atoms with Gasteiger partial charge in [-0.05, 0) is 44.4 Å². The maximum atomic E-state index is 13.1. The van der Waals surface area contributed by atoms with Crippen LogP contribution in [0.2, 0.25) is 0 Å². The summed E-state index contributed by atoms with van der Waals surface area (Å²) in [6.07, 6.45) is 9.54. The number of Topliss-reactive ketones (excluding diaryl/α,β-unsaturated/α-hetero) is 1. The minimum Gasteiger partial charge on any atom is -0.317 e. The first-order chi connectivity index (χ1) is 12.5. The Balaban J connectivity index is 1.84. The van der Waals surface area contributed by atoms with E-state index in [1.54, 1.807) is 9.13 Å². The Kier molecular flexibility index (Phi) is 4.54. The van der Waals surface area contributed by atoms with E-state index in [2.05, 4.69) is 4.98 Å². The van der Waals surface area contributed by atoms with Crippen molar-refractivity contribution in [3.8, 4) is 0 Å². The Labute approximate surface area is 151 Å². The first-order valence-corrected chi connectivity index (χ1v) is 9.72. The van der Waals surface area contributed by atoms with E-state index in [4.69, 9.17) is 0 Å². The van der Waals surface area contributed by atoms with Crippen LogP contribution in [0.25, 0.3) is 11.2 Å². The van der Waals surface area contributed by atoms with Crippen molar-refractivity contribution in [2.45, 2.75) is 71.5 Å². The molecule has 0 radical (unpaired) electrons. The van der Waals surface area contributed by atoms with Gasteiger partial charge in [0.25, 0.3) is 5.56 Å².